The van der Waals surface area contributed by atoms with Crippen LogP contribution in [0.25, 0.3) is 11.1 Å². The van der Waals surface area contributed by atoms with E-state index in [1.54, 1.807) is 13.8 Å². The zero-order valence-corrected chi connectivity index (χ0v) is 19.0. The molecule has 174 valence electrons. The van der Waals surface area contributed by atoms with Crippen molar-refractivity contribution in [3.63, 3.8) is 0 Å². The zero-order valence-electron chi connectivity index (χ0n) is 19.0. The van der Waals surface area contributed by atoms with Crippen molar-refractivity contribution in [2.45, 2.75) is 51.0 Å². The van der Waals surface area contributed by atoms with Gasteiger partial charge >= 0.3 is 12.1 Å². The standard InChI is InChI=1S/C26H30N2O5/c1-25(2,23(31)28-26(11-12-26)15-22(29)30)13-14-27-24(32)33-16-21-19-9-5-3-7-17(19)18-8-4-6-10-20(18)21/h3-10,21H,11-16H2,1-2H3,(H,27,32)(H,28,31)(H,29,30). The number of nitrogens with one attached hydrogen (secondary N) is 2. The van der Waals surface area contributed by atoms with Gasteiger partial charge in [-0.1, -0.05) is 62.4 Å². The van der Waals surface area contributed by atoms with Crippen LogP contribution in [-0.4, -0.2) is 41.8 Å². The van der Waals surface area contributed by atoms with Crippen LogP contribution in [0.2, 0.25) is 0 Å². The molecule has 7 nitrogen and oxygen atoms in total. The Morgan fingerprint density at radius 2 is 1.61 bits per heavy atom. The summed E-state index contributed by atoms with van der Waals surface area (Å²) in [6.07, 6.45) is 1.19. The molecule has 7 heteroatoms. The number of amides is 2. The number of benzene rings is 2. The van der Waals surface area contributed by atoms with Gasteiger partial charge in [0, 0.05) is 17.9 Å². The lowest BCUT2D eigenvalue weighted by Gasteiger charge is -2.27. The average molecular weight is 451 g/mol. The topological polar surface area (TPSA) is 105 Å². The summed E-state index contributed by atoms with van der Waals surface area (Å²) in [7, 11) is 0. The summed E-state index contributed by atoms with van der Waals surface area (Å²) in [4.78, 5) is 36.0. The van der Waals surface area contributed by atoms with Gasteiger partial charge in [0.25, 0.3) is 0 Å². The van der Waals surface area contributed by atoms with Crippen molar-refractivity contribution in [3.8, 4) is 11.1 Å². The Bertz CT molecular complexity index is 1030. The number of carboxylic acids is 1. The Morgan fingerprint density at radius 3 is 2.15 bits per heavy atom. The highest BCUT2D eigenvalue weighted by Gasteiger charge is 2.47. The number of carbonyl (C=O) groups is 3. The van der Waals surface area contributed by atoms with Crippen LogP contribution in [0.1, 0.15) is 56.6 Å². The minimum Gasteiger partial charge on any atom is -0.481 e. The third kappa shape index (κ3) is 5.02. The maximum Gasteiger partial charge on any atom is 0.407 e. The quantitative estimate of drug-likeness (QED) is 0.534. The van der Waals surface area contributed by atoms with Crippen LogP contribution in [0.4, 0.5) is 4.79 Å². The van der Waals surface area contributed by atoms with E-state index < -0.39 is 23.0 Å². The van der Waals surface area contributed by atoms with Gasteiger partial charge < -0.3 is 20.5 Å². The van der Waals surface area contributed by atoms with E-state index in [1.165, 1.54) is 11.1 Å². The summed E-state index contributed by atoms with van der Waals surface area (Å²) in [5.41, 5.74) is 3.29. The van der Waals surface area contributed by atoms with Crippen molar-refractivity contribution in [1.29, 1.82) is 0 Å². The minimum atomic E-state index is -0.914. The number of alkyl carbamates (subject to hydrolysis) is 1. The Morgan fingerprint density at radius 1 is 1.03 bits per heavy atom. The van der Waals surface area contributed by atoms with E-state index in [0.29, 0.717) is 19.3 Å². The third-order valence-electron chi connectivity index (χ3n) is 6.70. The van der Waals surface area contributed by atoms with Crippen LogP contribution in [0.3, 0.4) is 0 Å². The fraction of sp³-hybridized carbons (Fsp3) is 0.423. The number of carbonyl (C=O) groups excluding carboxylic acids is 2. The molecule has 2 aromatic rings. The van der Waals surface area contributed by atoms with Gasteiger partial charge in [-0.15, -0.1) is 0 Å². The highest BCUT2D eigenvalue weighted by molar-refractivity contribution is 5.84. The normalized spacial score (nSPS) is 15.8. The first kappa shape index (κ1) is 22.8. The van der Waals surface area contributed by atoms with Crippen LogP contribution >= 0.6 is 0 Å². The van der Waals surface area contributed by atoms with Crippen molar-refractivity contribution >= 4 is 18.0 Å². The van der Waals surface area contributed by atoms with Gasteiger partial charge in [0.2, 0.25) is 5.91 Å². The SMILES string of the molecule is CC(C)(CCNC(=O)OCC1c2ccccc2-c2ccccc21)C(=O)NC1(CC(=O)O)CC1. The molecule has 0 aromatic heterocycles. The van der Waals surface area contributed by atoms with Gasteiger partial charge in [-0.05, 0) is 41.5 Å². The van der Waals surface area contributed by atoms with Gasteiger partial charge in [-0.25, -0.2) is 4.79 Å². The number of rotatable bonds is 9. The Labute approximate surface area is 193 Å². The van der Waals surface area contributed by atoms with E-state index in [4.69, 9.17) is 9.84 Å². The zero-order chi connectivity index (χ0) is 23.6. The second-order valence-electron chi connectivity index (χ2n) is 9.69. The minimum absolute atomic E-state index is 0.00524. The molecule has 0 atom stereocenters. The number of carboxylic acid groups (broad SMARTS) is 1. The van der Waals surface area contributed by atoms with Crippen LogP contribution in [0.5, 0.6) is 0 Å². The smallest absolute Gasteiger partial charge is 0.407 e. The molecule has 1 saturated carbocycles. The second-order valence-corrected chi connectivity index (χ2v) is 9.69. The maximum atomic E-state index is 12.7. The summed E-state index contributed by atoms with van der Waals surface area (Å²) in [5, 5.41) is 14.7. The fourth-order valence-corrected chi connectivity index (χ4v) is 4.44. The lowest BCUT2D eigenvalue weighted by molar-refractivity contribution is -0.138. The molecule has 33 heavy (non-hydrogen) atoms. The number of aliphatic carboxylic acids is 1. The summed E-state index contributed by atoms with van der Waals surface area (Å²) >= 11 is 0. The molecule has 2 aliphatic rings. The van der Waals surface area contributed by atoms with Crippen molar-refractivity contribution < 1.29 is 24.2 Å². The Kier molecular flexibility index (Phi) is 6.15. The lowest BCUT2D eigenvalue weighted by Crippen LogP contribution is -2.46. The van der Waals surface area contributed by atoms with Crippen LogP contribution in [0.15, 0.2) is 48.5 Å². The van der Waals surface area contributed by atoms with Gasteiger partial charge in [-0.2, -0.15) is 0 Å². The first-order valence-corrected chi connectivity index (χ1v) is 11.3. The maximum absolute atomic E-state index is 12.7. The first-order chi connectivity index (χ1) is 15.7. The summed E-state index contributed by atoms with van der Waals surface area (Å²) in [6, 6.07) is 16.3. The molecular weight excluding hydrogens is 420 g/mol. The van der Waals surface area contributed by atoms with E-state index in [-0.39, 0.29) is 31.4 Å². The van der Waals surface area contributed by atoms with Crippen LogP contribution in [-0.2, 0) is 14.3 Å². The molecule has 0 aliphatic heterocycles. The average Bonchev–Trinajstić information content (AvgIpc) is 3.43. The van der Waals surface area contributed by atoms with E-state index in [2.05, 4.69) is 34.9 Å². The highest BCUT2D eigenvalue weighted by atomic mass is 16.5. The molecular formula is C26H30N2O5. The van der Waals surface area contributed by atoms with Gasteiger partial charge in [0.1, 0.15) is 6.61 Å². The predicted octanol–water partition coefficient (Wildman–Crippen LogP) is 4.06. The van der Waals surface area contributed by atoms with E-state index >= 15 is 0 Å². The van der Waals surface area contributed by atoms with Crippen molar-refractivity contribution in [1.82, 2.24) is 10.6 Å². The monoisotopic (exact) mass is 450 g/mol. The molecule has 2 amide bonds. The molecule has 4 rings (SSSR count). The fourth-order valence-electron chi connectivity index (χ4n) is 4.44. The molecule has 0 saturated heterocycles. The van der Waals surface area contributed by atoms with Gasteiger partial charge in [0.05, 0.1) is 12.0 Å². The van der Waals surface area contributed by atoms with Crippen molar-refractivity contribution in [2.24, 2.45) is 5.41 Å². The van der Waals surface area contributed by atoms with E-state index in [0.717, 1.165) is 11.1 Å². The highest BCUT2D eigenvalue weighted by Crippen LogP contribution is 2.44. The van der Waals surface area contributed by atoms with E-state index in [1.807, 2.05) is 24.3 Å². The number of hydrogen-bond donors (Lipinski definition) is 3. The van der Waals surface area contributed by atoms with Crippen molar-refractivity contribution in [3.05, 3.63) is 59.7 Å². The number of hydrogen-bond acceptors (Lipinski definition) is 4. The van der Waals surface area contributed by atoms with Crippen molar-refractivity contribution in [2.75, 3.05) is 13.2 Å². The third-order valence-corrected chi connectivity index (χ3v) is 6.70. The second kappa shape index (κ2) is 8.89. The Hall–Kier alpha value is -3.35. The predicted molar refractivity (Wildman–Crippen MR) is 124 cm³/mol. The van der Waals surface area contributed by atoms with Crippen LogP contribution < -0.4 is 10.6 Å². The van der Waals surface area contributed by atoms with Crippen LogP contribution in [0, 0.1) is 5.41 Å². The molecule has 3 N–H and O–H groups in total. The van der Waals surface area contributed by atoms with Gasteiger partial charge in [-0.3, -0.25) is 9.59 Å². The first-order valence-electron chi connectivity index (χ1n) is 11.3. The lowest BCUT2D eigenvalue weighted by atomic mass is 9.87. The molecule has 0 radical (unpaired) electrons. The molecule has 0 unspecified atom stereocenters. The van der Waals surface area contributed by atoms with E-state index in [9.17, 15) is 14.4 Å². The molecule has 0 bridgehead atoms. The summed E-state index contributed by atoms with van der Waals surface area (Å²) in [5.74, 6) is -1.12. The molecule has 0 heterocycles. The number of ether oxygens (including phenoxy) is 1. The molecule has 1 fully saturated rings. The molecule has 0 spiro atoms. The van der Waals surface area contributed by atoms with Gasteiger partial charge in [0.15, 0.2) is 0 Å². The largest absolute Gasteiger partial charge is 0.481 e. The Balaban J connectivity index is 1.26. The summed E-state index contributed by atoms with van der Waals surface area (Å²) in [6.45, 7) is 4.10. The molecule has 2 aromatic carbocycles. The molecule has 2 aliphatic carbocycles. The number of fused-ring (bicyclic) bond motifs is 3. The summed E-state index contributed by atoms with van der Waals surface area (Å²) < 4.78 is 5.53.